The molecule has 17 heavy (non-hydrogen) atoms. The van der Waals surface area contributed by atoms with E-state index in [0.29, 0.717) is 17.0 Å². The number of aromatic nitrogens is 2. The molecule has 2 aromatic heterocycles. The molecule has 0 aliphatic heterocycles. The third-order valence-corrected chi connectivity index (χ3v) is 2.14. The van der Waals surface area contributed by atoms with Gasteiger partial charge in [-0.2, -0.15) is 0 Å². The van der Waals surface area contributed by atoms with Crippen LogP contribution >= 0.6 is 0 Å². The average molecular weight is 233 g/mol. The first-order chi connectivity index (χ1) is 8.31. The highest BCUT2D eigenvalue weighted by Gasteiger charge is 2.11. The standard InChI is InChI=1S/C10H11N5O2/c11-15-9-2-3-12-6-8(9)10(16)13-5-7-1-4-14-17-7/h1-4,6H,5,11H2,(H,12,15)(H,13,16). The van der Waals surface area contributed by atoms with Gasteiger partial charge in [0.25, 0.3) is 5.91 Å². The van der Waals surface area contributed by atoms with Gasteiger partial charge in [-0.1, -0.05) is 5.16 Å². The fourth-order valence-corrected chi connectivity index (χ4v) is 1.30. The molecule has 0 spiro atoms. The molecule has 1 amide bonds. The summed E-state index contributed by atoms with van der Waals surface area (Å²) in [6.45, 7) is 0.262. The van der Waals surface area contributed by atoms with Crippen LogP contribution in [0.1, 0.15) is 16.1 Å². The second-order valence-electron chi connectivity index (χ2n) is 3.23. The lowest BCUT2D eigenvalue weighted by molar-refractivity contribution is 0.0947. The number of rotatable bonds is 4. The van der Waals surface area contributed by atoms with Gasteiger partial charge in [0.05, 0.1) is 24.0 Å². The van der Waals surface area contributed by atoms with Gasteiger partial charge >= 0.3 is 0 Å². The minimum atomic E-state index is -0.289. The van der Waals surface area contributed by atoms with Crippen molar-refractivity contribution in [2.24, 2.45) is 5.84 Å². The summed E-state index contributed by atoms with van der Waals surface area (Å²) in [5.74, 6) is 5.58. The van der Waals surface area contributed by atoms with Crippen LogP contribution in [0, 0.1) is 0 Å². The van der Waals surface area contributed by atoms with Crippen molar-refractivity contribution in [1.82, 2.24) is 15.5 Å². The van der Waals surface area contributed by atoms with Crippen LogP contribution in [0.5, 0.6) is 0 Å². The topological polar surface area (TPSA) is 106 Å². The molecule has 0 radical (unpaired) electrons. The molecule has 4 N–H and O–H groups in total. The second-order valence-corrected chi connectivity index (χ2v) is 3.23. The van der Waals surface area contributed by atoms with Crippen molar-refractivity contribution < 1.29 is 9.32 Å². The third kappa shape index (κ3) is 2.58. The van der Waals surface area contributed by atoms with E-state index in [1.807, 2.05) is 0 Å². The lowest BCUT2D eigenvalue weighted by Crippen LogP contribution is -2.24. The van der Waals surface area contributed by atoms with Crippen LogP contribution in [0.25, 0.3) is 0 Å². The van der Waals surface area contributed by atoms with E-state index in [1.165, 1.54) is 12.4 Å². The smallest absolute Gasteiger partial charge is 0.255 e. The summed E-state index contributed by atoms with van der Waals surface area (Å²) < 4.78 is 4.86. The predicted octanol–water partition coefficient (Wildman–Crippen LogP) is 0.285. The summed E-state index contributed by atoms with van der Waals surface area (Å²) in [4.78, 5) is 15.7. The number of hydrazine groups is 1. The number of pyridine rings is 1. The van der Waals surface area contributed by atoms with Crippen molar-refractivity contribution in [2.45, 2.75) is 6.54 Å². The second kappa shape index (κ2) is 5.08. The maximum atomic E-state index is 11.8. The Balaban J connectivity index is 2.04. The number of nitrogens with one attached hydrogen (secondary N) is 2. The summed E-state index contributed by atoms with van der Waals surface area (Å²) in [5.41, 5.74) is 3.31. The zero-order valence-electron chi connectivity index (χ0n) is 8.88. The summed E-state index contributed by atoms with van der Waals surface area (Å²) in [5, 5.41) is 6.20. The van der Waals surface area contributed by atoms with Crippen LogP contribution in [-0.4, -0.2) is 16.0 Å². The molecule has 7 nitrogen and oxygen atoms in total. The van der Waals surface area contributed by atoms with Crippen molar-refractivity contribution in [2.75, 3.05) is 5.43 Å². The van der Waals surface area contributed by atoms with Gasteiger partial charge in [0.2, 0.25) is 0 Å². The molecule has 2 aromatic rings. The van der Waals surface area contributed by atoms with Gasteiger partial charge in [-0.3, -0.25) is 15.6 Å². The maximum Gasteiger partial charge on any atom is 0.255 e. The summed E-state index contributed by atoms with van der Waals surface area (Å²) in [6, 6.07) is 3.29. The first-order valence-electron chi connectivity index (χ1n) is 4.89. The highest BCUT2D eigenvalue weighted by atomic mass is 16.5. The molecule has 0 bridgehead atoms. The van der Waals surface area contributed by atoms with Crippen LogP contribution in [0.2, 0.25) is 0 Å². The van der Waals surface area contributed by atoms with E-state index in [4.69, 9.17) is 10.4 Å². The van der Waals surface area contributed by atoms with E-state index in [9.17, 15) is 4.79 Å². The maximum absolute atomic E-state index is 11.8. The molecule has 0 saturated carbocycles. The predicted molar refractivity (Wildman–Crippen MR) is 59.7 cm³/mol. The molecule has 7 heteroatoms. The Kier molecular flexibility index (Phi) is 3.31. The highest BCUT2D eigenvalue weighted by Crippen LogP contribution is 2.11. The Morgan fingerprint density at radius 2 is 2.29 bits per heavy atom. The van der Waals surface area contributed by atoms with Gasteiger partial charge < -0.3 is 15.3 Å². The average Bonchev–Trinajstić information content (AvgIpc) is 2.89. The van der Waals surface area contributed by atoms with Crippen LogP contribution in [0.4, 0.5) is 5.69 Å². The molecule has 2 heterocycles. The Hall–Kier alpha value is -2.41. The van der Waals surface area contributed by atoms with Crippen LogP contribution < -0.4 is 16.6 Å². The Morgan fingerprint density at radius 1 is 1.41 bits per heavy atom. The van der Waals surface area contributed by atoms with E-state index in [2.05, 4.69) is 20.9 Å². The Morgan fingerprint density at radius 3 is 3.00 bits per heavy atom. The lowest BCUT2D eigenvalue weighted by Gasteiger charge is -2.07. The molecule has 0 unspecified atom stereocenters. The number of nitrogens with two attached hydrogens (primary N) is 1. The highest BCUT2D eigenvalue weighted by molar-refractivity contribution is 5.99. The van der Waals surface area contributed by atoms with Gasteiger partial charge in [-0.15, -0.1) is 0 Å². The van der Waals surface area contributed by atoms with Crippen LogP contribution in [-0.2, 0) is 6.54 Å². The summed E-state index contributed by atoms with van der Waals surface area (Å²) >= 11 is 0. The molecule has 0 aromatic carbocycles. The molecule has 0 fully saturated rings. The van der Waals surface area contributed by atoms with E-state index in [1.54, 1.807) is 18.3 Å². The third-order valence-electron chi connectivity index (χ3n) is 2.14. The zero-order chi connectivity index (χ0) is 12.1. The quantitative estimate of drug-likeness (QED) is 0.517. The van der Waals surface area contributed by atoms with Gasteiger partial charge in [-0.05, 0) is 6.07 Å². The van der Waals surface area contributed by atoms with E-state index < -0.39 is 0 Å². The van der Waals surface area contributed by atoms with E-state index in [0.717, 1.165) is 0 Å². The number of nitrogens with zero attached hydrogens (tertiary/aromatic N) is 2. The van der Waals surface area contributed by atoms with Crippen molar-refractivity contribution in [3.8, 4) is 0 Å². The number of hydrogen-bond donors (Lipinski definition) is 3. The Labute approximate surface area is 97.0 Å². The minimum absolute atomic E-state index is 0.262. The molecule has 0 aliphatic carbocycles. The van der Waals surface area contributed by atoms with Crippen molar-refractivity contribution in [1.29, 1.82) is 0 Å². The molecule has 0 saturated heterocycles. The number of carbonyl (C=O) groups excluding carboxylic acids is 1. The van der Waals surface area contributed by atoms with E-state index >= 15 is 0 Å². The minimum Gasteiger partial charge on any atom is -0.360 e. The Bertz CT molecular complexity index is 497. The fraction of sp³-hybridized carbons (Fsp3) is 0.100. The first-order valence-corrected chi connectivity index (χ1v) is 4.89. The number of nitrogen functional groups attached to an aromatic ring is 1. The fourth-order valence-electron chi connectivity index (χ4n) is 1.30. The van der Waals surface area contributed by atoms with Crippen LogP contribution in [0.3, 0.4) is 0 Å². The molecular weight excluding hydrogens is 222 g/mol. The zero-order valence-corrected chi connectivity index (χ0v) is 8.88. The number of hydrogen-bond acceptors (Lipinski definition) is 6. The SMILES string of the molecule is NNc1ccncc1C(=O)NCc1ccno1. The number of amides is 1. The first kappa shape index (κ1) is 11.1. The van der Waals surface area contributed by atoms with E-state index in [-0.39, 0.29) is 12.5 Å². The van der Waals surface area contributed by atoms with Crippen LogP contribution in [0.15, 0.2) is 35.2 Å². The van der Waals surface area contributed by atoms with Gasteiger partial charge in [-0.25, -0.2) is 0 Å². The normalized spacial score (nSPS) is 9.94. The van der Waals surface area contributed by atoms with Gasteiger partial charge in [0.1, 0.15) is 0 Å². The van der Waals surface area contributed by atoms with Gasteiger partial charge in [0.15, 0.2) is 5.76 Å². The summed E-state index contributed by atoms with van der Waals surface area (Å²) in [6.07, 6.45) is 4.49. The number of carbonyl (C=O) groups is 1. The van der Waals surface area contributed by atoms with Crippen molar-refractivity contribution in [3.05, 3.63) is 42.0 Å². The monoisotopic (exact) mass is 233 g/mol. The van der Waals surface area contributed by atoms with Crippen molar-refractivity contribution >= 4 is 11.6 Å². The molecular formula is C10H11N5O2. The van der Waals surface area contributed by atoms with Gasteiger partial charge in [0, 0.05) is 18.5 Å². The van der Waals surface area contributed by atoms with Crippen molar-refractivity contribution in [3.63, 3.8) is 0 Å². The summed E-state index contributed by atoms with van der Waals surface area (Å²) in [7, 11) is 0. The lowest BCUT2D eigenvalue weighted by atomic mass is 10.2. The number of anilines is 1. The molecule has 2 rings (SSSR count). The molecule has 0 aliphatic rings. The molecule has 88 valence electrons. The molecule has 0 atom stereocenters. The largest absolute Gasteiger partial charge is 0.360 e.